The summed E-state index contributed by atoms with van der Waals surface area (Å²) in [6.07, 6.45) is 1.20. The van der Waals surface area contributed by atoms with Gasteiger partial charge in [0.15, 0.2) is 11.5 Å². The van der Waals surface area contributed by atoms with Crippen molar-refractivity contribution in [3.63, 3.8) is 0 Å². The predicted octanol–water partition coefficient (Wildman–Crippen LogP) is 1.91. The normalized spacial score (nSPS) is 9.88. The summed E-state index contributed by atoms with van der Waals surface area (Å²) in [5.41, 5.74) is 1.01. The van der Waals surface area contributed by atoms with Crippen LogP contribution in [0, 0.1) is 10.1 Å². The monoisotopic (exact) mass is 225 g/mol. The second kappa shape index (κ2) is 5.95. The zero-order chi connectivity index (χ0) is 12.0. The Hall–Kier alpha value is -1.78. The number of benzene rings is 1. The number of ether oxygens (including phenoxy) is 2. The van der Waals surface area contributed by atoms with Gasteiger partial charge in [-0.3, -0.25) is 10.1 Å². The Morgan fingerprint density at radius 2 is 1.94 bits per heavy atom. The smallest absolute Gasteiger partial charge is 0.204 e. The van der Waals surface area contributed by atoms with Gasteiger partial charge in [0, 0.05) is 11.3 Å². The van der Waals surface area contributed by atoms with Crippen LogP contribution in [0.4, 0.5) is 0 Å². The number of methoxy groups -OCH3 is 2. The first-order valence-electron chi connectivity index (χ1n) is 5.00. The number of hydrogen-bond acceptors (Lipinski definition) is 4. The third kappa shape index (κ3) is 3.42. The summed E-state index contributed by atoms with van der Waals surface area (Å²) in [7, 11) is 3.14. The van der Waals surface area contributed by atoms with E-state index >= 15 is 0 Å². The Morgan fingerprint density at radius 1 is 1.25 bits per heavy atom. The summed E-state index contributed by atoms with van der Waals surface area (Å²) in [5, 5.41) is 10.2. The summed E-state index contributed by atoms with van der Waals surface area (Å²) in [6, 6.07) is 5.54. The molecule has 0 spiro atoms. The molecule has 0 aliphatic rings. The highest BCUT2D eigenvalue weighted by Gasteiger charge is 2.05. The van der Waals surface area contributed by atoms with Gasteiger partial charge in [-0.15, -0.1) is 0 Å². The zero-order valence-corrected chi connectivity index (χ0v) is 9.43. The molecule has 0 amide bonds. The minimum atomic E-state index is -0.305. The number of aryl methyl sites for hydroxylation is 1. The average Bonchev–Trinajstić information content (AvgIpc) is 2.28. The van der Waals surface area contributed by atoms with Gasteiger partial charge in [0.1, 0.15) is 0 Å². The van der Waals surface area contributed by atoms with Crippen molar-refractivity contribution < 1.29 is 14.4 Å². The molecule has 0 N–H and O–H groups in total. The molecule has 0 saturated heterocycles. The maximum Gasteiger partial charge on any atom is 0.204 e. The van der Waals surface area contributed by atoms with Crippen molar-refractivity contribution in [3.8, 4) is 11.5 Å². The molecule has 16 heavy (non-hydrogen) atoms. The number of hydrogen-bond donors (Lipinski definition) is 0. The molecular weight excluding hydrogens is 210 g/mol. The third-order valence-electron chi connectivity index (χ3n) is 2.25. The van der Waals surface area contributed by atoms with E-state index in [9.17, 15) is 10.1 Å². The molecule has 0 unspecified atom stereocenters. The first kappa shape index (κ1) is 12.3. The van der Waals surface area contributed by atoms with Crippen molar-refractivity contribution in [2.24, 2.45) is 0 Å². The molecule has 88 valence electrons. The second-order valence-electron chi connectivity index (χ2n) is 3.35. The molecule has 0 bridgehead atoms. The summed E-state index contributed by atoms with van der Waals surface area (Å²) in [5.74, 6) is 1.32. The maximum atomic E-state index is 10.2. The van der Waals surface area contributed by atoms with E-state index in [2.05, 4.69) is 0 Å². The van der Waals surface area contributed by atoms with Crippen LogP contribution in [0.15, 0.2) is 18.2 Å². The standard InChI is InChI=1S/C11H15NO4/c1-15-10-6-5-9(8-11(10)16-2)4-3-7-12(13)14/h5-6,8H,3-4,7H2,1-2H3. The molecule has 1 aromatic rings. The SMILES string of the molecule is COc1ccc(CCC[N+](=O)[O-])cc1OC. The molecule has 5 heteroatoms. The van der Waals surface area contributed by atoms with Crippen molar-refractivity contribution >= 4 is 0 Å². The molecule has 0 aliphatic carbocycles. The van der Waals surface area contributed by atoms with Crippen LogP contribution < -0.4 is 9.47 Å². The molecule has 1 rings (SSSR count). The fraction of sp³-hybridized carbons (Fsp3) is 0.455. The first-order valence-corrected chi connectivity index (χ1v) is 5.00. The van der Waals surface area contributed by atoms with Gasteiger partial charge in [-0.1, -0.05) is 6.07 Å². The van der Waals surface area contributed by atoms with Crippen LogP contribution in [0.5, 0.6) is 11.5 Å². The van der Waals surface area contributed by atoms with Crippen molar-refractivity contribution in [2.75, 3.05) is 20.8 Å². The molecular formula is C11H15NO4. The van der Waals surface area contributed by atoms with Crippen molar-refractivity contribution in [1.82, 2.24) is 0 Å². The van der Waals surface area contributed by atoms with Crippen LogP contribution in [-0.4, -0.2) is 25.7 Å². The van der Waals surface area contributed by atoms with Crippen LogP contribution in [0.3, 0.4) is 0 Å². The van der Waals surface area contributed by atoms with E-state index in [1.54, 1.807) is 20.3 Å². The lowest BCUT2D eigenvalue weighted by molar-refractivity contribution is -0.480. The lowest BCUT2D eigenvalue weighted by atomic mass is 10.1. The summed E-state index contributed by atoms with van der Waals surface area (Å²) >= 11 is 0. The Balaban J connectivity index is 2.64. The lowest BCUT2D eigenvalue weighted by Gasteiger charge is -2.08. The molecule has 0 atom stereocenters. The Bertz CT molecular complexity index is 365. The number of nitrogens with zero attached hydrogens (tertiary/aromatic N) is 1. The van der Waals surface area contributed by atoms with Gasteiger partial charge in [0.2, 0.25) is 6.54 Å². The zero-order valence-electron chi connectivity index (χ0n) is 9.43. The largest absolute Gasteiger partial charge is 0.493 e. The van der Waals surface area contributed by atoms with Gasteiger partial charge in [-0.25, -0.2) is 0 Å². The summed E-state index contributed by atoms with van der Waals surface area (Å²) in [4.78, 5) is 9.87. The van der Waals surface area contributed by atoms with Crippen LogP contribution >= 0.6 is 0 Å². The van der Waals surface area contributed by atoms with Crippen molar-refractivity contribution in [1.29, 1.82) is 0 Å². The molecule has 0 aromatic heterocycles. The Labute approximate surface area is 94.1 Å². The highest BCUT2D eigenvalue weighted by Crippen LogP contribution is 2.27. The minimum absolute atomic E-state index is 0.00561. The Morgan fingerprint density at radius 3 is 2.50 bits per heavy atom. The van der Waals surface area contributed by atoms with Crippen LogP contribution in [0.1, 0.15) is 12.0 Å². The third-order valence-corrected chi connectivity index (χ3v) is 2.25. The minimum Gasteiger partial charge on any atom is -0.493 e. The van der Waals surface area contributed by atoms with E-state index in [1.807, 2.05) is 12.1 Å². The highest BCUT2D eigenvalue weighted by atomic mass is 16.6. The van der Waals surface area contributed by atoms with Crippen molar-refractivity contribution in [3.05, 3.63) is 33.9 Å². The van der Waals surface area contributed by atoms with E-state index in [1.165, 1.54) is 0 Å². The molecule has 1 aromatic carbocycles. The van der Waals surface area contributed by atoms with Gasteiger partial charge in [0.05, 0.1) is 14.2 Å². The molecule has 0 saturated carbocycles. The molecule has 5 nitrogen and oxygen atoms in total. The van der Waals surface area contributed by atoms with Crippen molar-refractivity contribution in [2.45, 2.75) is 12.8 Å². The van der Waals surface area contributed by atoms with Crippen LogP contribution in [0.2, 0.25) is 0 Å². The fourth-order valence-corrected chi connectivity index (χ4v) is 1.45. The number of rotatable bonds is 6. The molecule has 0 aliphatic heterocycles. The fourth-order valence-electron chi connectivity index (χ4n) is 1.45. The lowest BCUT2D eigenvalue weighted by Crippen LogP contribution is -2.02. The topological polar surface area (TPSA) is 61.6 Å². The Kier molecular flexibility index (Phi) is 4.57. The van der Waals surface area contributed by atoms with E-state index < -0.39 is 0 Å². The summed E-state index contributed by atoms with van der Waals surface area (Å²) < 4.78 is 10.2. The van der Waals surface area contributed by atoms with Crippen LogP contribution in [0.25, 0.3) is 0 Å². The van der Waals surface area contributed by atoms with E-state index in [0.717, 1.165) is 5.56 Å². The van der Waals surface area contributed by atoms with Gasteiger partial charge in [0.25, 0.3) is 0 Å². The first-order chi connectivity index (χ1) is 7.67. The highest BCUT2D eigenvalue weighted by molar-refractivity contribution is 5.42. The number of nitro groups is 1. The predicted molar refractivity (Wildman–Crippen MR) is 59.7 cm³/mol. The maximum absolute atomic E-state index is 10.2. The van der Waals surface area contributed by atoms with Crippen LogP contribution in [-0.2, 0) is 6.42 Å². The molecule has 0 heterocycles. The van der Waals surface area contributed by atoms with E-state index in [-0.39, 0.29) is 11.5 Å². The van der Waals surface area contributed by atoms with Gasteiger partial charge in [-0.2, -0.15) is 0 Å². The second-order valence-corrected chi connectivity index (χ2v) is 3.35. The quantitative estimate of drug-likeness (QED) is 0.548. The summed E-state index contributed by atoms with van der Waals surface area (Å²) in [6.45, 7) is -0.00561. The van der Waals surface area contributed by atoms with Gasteiger partial charge in [-0.05, 0) is 24.1 Å². The molecule has 0 radical (unpaired) electrons. The van der Waals surface area contributed by atoms with E-state index in [4.69, 9.17) is 9.47 Å². The van der Waals surface area contributed by atoms with Gasteiger partial charge < -0.3 is 9.47 Å². The van der Waals surface area contributed by atoms with Gasteiger partial charge >= 0.3 is 0 Å². The van der Waals surface area contributed by atoms with E-state index in [0.29, 0.717) is 24.3 Å². The average molecular weight is 225 g/mol. The molecule has 0 fully saturated rings.